The normalized spacial score (nSPS) is 11.6. The number of nitrogens with one attached hydrogen (secondary N) is 1. The largest absolute Gasteiger partial charge is 0.390 e. The number of hydrogen-bond donors (Lipinski definition) is 1. The molecule has 0 spiro atoms. The van der Waals surface area contributed by atoms with E-state index in [2.05, 4.69) is 10.3 Å². The average molecular weight is 196 g/mol. The van der Waals surface area contributed by atoms with Crippen LogP contribution in [0.2, 0.25) is 0 Å². The second-order valence-corrected chi connectivity index (χ2v) is 3.02. The fraction of sp³-hybridized carbons (Fsp3) is 0.500. The van der Waals surface area contributed by atoms with E-state index in [0.717, 1.165) is 0 Å². The summed E-state index contributed by atoms with van der Waals surface area (Å²) in [6.07, 6.45) is -3.38. The van der Waals surface area contributed by atoms with E-state index in [1.807, 2.05) is 0 Å². The van der Waals surface area contributed by atoms with Gasteiger partial charge >= 0.3 is 6.18 Å². The van der Waals surface area contributed by atoms with Gasteiger partial charge in [-0.25, -0.2) is 4.98 Å². The molecule has 0 aromatic carbocycles. The summed E-state index contributed by atoms with van der Waals surface area (Å²) in [6, 6.07) is 0. The number of halogens is 3. The van der Waals surface area contributed by atoms with Crippen molar-refractivity contribution in [1.29, 1.82) is 0 Å². The first kappa shape index (κ1) is 9.31. The highest BCUT2D eigenvalue weighted by Gasteiger charge is 2.26. The van der Waals surface area contributed by atoms with Crippen molar-refractivity contribution >= 4 is 16.5 Å². The molecular weight excluding hydrogens is 189 g/mol. The summed E-state index contributed by atoms with van der Waals surface area (Å²) in [5, 5.41) is 4.80. The molecule has 1 N–H and O–H groups in total. The Balaban J connectivity index is 2.20. The SMILES string of the molecule is FC(F)(F)CCNc1nccs1. The van der Waals surface area contributed by atoms with Gasteiger partial charge in [-0.1, -0.05) is 0 Å². The predicted molar refractivity (Wildman–Crippen MR) is 41.3 cm³/mol. The Kier molecular flexibility index (Phi) is 2.91. The summed E-state index contributed by atoms with van der Waals surface area (Å²) in [6.45, 7) is -0.114. The Morgan fingerprint density at radius 2 is 2.25 bits per heavy atom. The second kappa shape index (κ2) is 3.75. The molecule has 0 saturated heterocycles. The minimum Gasteiger partial charge on any atom is -0.361 e. The van der Waals surface area contributed by atoms with Crippen LogP contribution in [0.1, 0.15) is 6.42 Å². The lowest BCUT2D eigenvalue weighted by atomic mass is 10.4. The van der Waals surface area contributed by atoms with Gasteiger partial charge in [0.05, 0.1) is 6.42 Å². The van der Waals surface area contributed by atoms with E-state index in [4.69, 9.17) is 0 Å². The number of aromatic nitrogens is 1. The van der Waals surface area contributed by atoms with Gasteiger partial charge in [-0.3, -0.25) is 0 Å². The van der Waals surface area contributed by atoms with Crippen LogP contribution in [0, 0.1) is 0 Å². The van der Waals surface area contributed by atoms with Crippen molar-refractivity contribution in [1.82, 2.24) is 4.98 Å². The summed E-state index contributed by atoms with van der Waals surface area (Å²) in [5.74, 6) is 0. The quantitative estimate of drug-likeness (QED) is 0.803. The predicted octanol–water partition coefficient (Wildman–Crippen LogP) is 2.51. The summed E-state index contributed by atoms with van der Waals surface area (Å²) in [5.41, 5.74) is 0. The average Bonchev–Trinajstić information content (AvgIpc) is 2.36. The molecule has 0 fully saturated rings. The first-order chi connectivity index (χ1) is 5.58. The first-order valence-corrected chi connectivity index (χ1v) is 4.16. The number of hydrogen-bond acceptors (Lipinski definition) is 3. The monoisotopic (exact) mass is 196 g/mol. The van der Waals surface area contributed by atoms with Gasteiger partial charge in [-0.2, -0.15) is 13.2 Å². The van der Waals surface area contributed by atoms with E-state index < -0.39 is 12.6 Å². The van der Waals surface area contributed by atoms with Gasteiger partial charge < -0.3 is 5.32 Å². The molecule has 0 aliphatic rings. The number of rotatable bonds is 3. The molecule has 0 radical (unpaired) electrons. The Hall–Kier alpha value is -0.780. The van der Waals surface area contributed by atoms with Crippen LogP contribution in [-0.2, 0) is 0 Å². The Morgan fingerprint density at radius 3 is 2.75 bits per heavy atom. The number of thiazole rings is 1. The third-order valence-electron chi connectivity index (χ3n) is 1.12. The van der Waals surface area contributed by atoms with Crippen molar-refractivity contribution in [2.24, 2.45) is 0 Å². The standard InChI is InChI=1S/C6H7F3N2S/c7-6(8,9)1-2-10-5-11-3-4-12-5/h3-4H,1-2H2,(H,10,11). The molecule has 6 heteroatoms. The summed E-state index contributed by atoms with van der Waals surface area (Å²) in [4.78, 5) is 3.78. The van der Waals surface area contributed by atoms with Gasteiger partial charge in [0.15, 0.2) is 5.13 Å². The topological polar surface area (TPSA) is 24.9 Å². The molecule has 1 rings (SSSR count). The van der Waals surface area contributed by atoms with Crippen LogP contribution in [0.4, 0.5) is 18.3 Å². The van der Waals surface area contributed by atoms with Gasteiger partial charge in [-0.15, -0.1) is 11.3 Å². The zero-order valence-corrected chi connectivity index (χ0v) is 6.87. The van der Waals surface area contributed by atoms with Crippen LogP contribution >= 0.6 is 11.3 Å². The van der Waals surface area contributed by atoms with Crippen molar-refractivity contribution in [3.63, 3.8) is 0 Å². The van der Waals surface area contributed by atoms with Crippen molar-refractivity contribution < 1.29 is 13.2 Å². The molecule has 1 aromatic heterocycles. The summed E-state index contributed by atoms with van der Waals surface area (Å²) < 4.78 is 34.9. The van der Waals surface area contributed by atoms with Crippen molar-refractivity contribution in [2.75, 3.05) is 11.9 Å². The maximum Gasteiger partial charge on any atom is 0.390 e. The van der Waals surface area contributed by atoms with E-state index in [9.17, 15) is 13.2 Å². The summed E-state index contributed by atoms with van der Waals surface area (Å²) in [7, 11) is 0. The molecular formula is C6H7F3N2S. The van der Waals surface area contributed by atoms with Crippen molar-refractivity contribution in [3.05, 3.63) is 11.6 Å². The molecule has 68 valence electrons. The molecule has 1 heterocycles. The van der Waals surface area contributed by atoms with Gasteiger partial charge in [0, 0.05) is 18.1 Å². The van der Waals surface area contributed by atoms with Crippen molar-refractivity contribution in [2.45, 2.75) is 12.6 Å². The highest BCUT2D eigenvalue weighted by Crippen LogP contribution is 2.19. The minimum atomic E-state index is -4.09. The Labute approximate surface area is 71.4 Å². The van der Waals surface area contributed by atoms with Crippen LogP contribution in [0.5, 0.6) is 0 Å². The molecule has 0 unspecified atom stereocenters. The Morgan fingerprint density at radius 1 is 1.50 bits per heavy atom. The van der Waals surface area contributed by atoms with Gasteiger partial charge in [0.2, 0.25) is 0 Å². The van der Waals surface area contributed by atoms with Crippen LogP contribution in [-0.4, -0.2) is 17.7 Å². The van der Waals surface area contributed by atoms with Gasteiger partial charge in [-0.05, 0) is 0 Å². The van der Waals surface area contributed by atoms with E-state index in [1.165, 1.54) is 11.3 Å². The van der Waals surface area contributed by atoms with E-state index in [0.29, 0.717) is 5.13 Å². The zero-order valence-electron chi connectivity index (χ0n) is 6.06. The van der Waals surface area contributed by atoms with Crippen LogP contribution in [0.15, 0.2) is 11.6 Å². The molecule has 0 aliphatic carbocycles. The fourth-order valence-corrected chi connectivity index (χ4v) is 1.18. The molecule has 12 heavy (non-hydrogen) atoms. The lowest BCUT2D eigenvalue weighted by Gasteiger charge is -2.05. The minimum absolute atomic E-state index is 0.114. The fourth-order valence-electron chi connectivity index (χ4n) is 0.622. The van der Waals surface area contributed by atoms with E-state index in [-0.39, 0.29) is 6.54 Å². The second-order valence-electron chi connectivity index (χ2n) is 2.13. The lowest BCUT2D eigenvalue weighted by molar-refractivity contribution is -0.131. The maximum absolute atomic E-state index is 11.6. The maximum atomic E-state index is 11.6. The van der Waals surface area contributed by atoms with Gasteiger partial charge in [0.1, 0.15) is 0 Å². The Bertz CT molecular complexity index is 219. The molecule has 0 bridgehead atoms. The number of nitrogens with zero attached hydrogens (tertiary/aromatic N) is 1. The number of anilines is 1. The molecule has 0 saturated carbocycles. The third kappa shape index (κ3) is 3.56. The molecule has 0 amide bonds. The summed E-state index contributed by atoms with van der Waals surface area (Å²) >= 11 is 1.28. The molecule has 0 atom stereocenters. The van der Waals surface area contributed by atoms with Gasteiger partial charge in [0.25, 0.3) is 0 Å². The highest BCUT2D eigenvalue weighted by molar-refractivity contribution is 7.13. The molecule has 1 aromatic rings. The van der Waals surface area contributed by atoms with Crippen LogP contribution in [0.25, 0.3) is 0 Å². The van der Waals surface area contributed by atoms with Crippen LogP contribution < -0.4 is 5.32 Å². The lowest BCUT2D eigenvalue weighted by Crippen LogP contribution is -2.14. The highest BCUT2D eigenvalue weighted by atomic mass is 32.1. The molecule has 2 nitrogen and oxygen atoms in total. The first-order valence-electron chi connectivity index (χ1n) is 3.28. The third-order valence-corrected chi connectivity index (χ3v) is 1.85. The van der Waals surface area contributed by atoms with Crippen LogP contribution in [0.3, 0.4) is 0 Å². The smallest absolute Gasteiger partial charge is 0.361 e. The number of alkyl halides is 3. The molecule has 0 aliphatic heterocycles. The van der Waals surface area contributed by atoms with E-state index >= 15 is 0 Å². The van der Waals surface area contributed by atoms with E-state index in [1.54, 1.807) is 11.6 Å². The van der Waals surface area contributed by atoms with Crippen molar-refractivity contribution in [3.8, 4) is 0 Å². The zero-order chi connectivity index (χ0) is 9.03.